The van der Waals surface area contributed by atoms with Crippen LogP contribution in [0.1, 0.15) is 11.1 Å². The van der Waals surface area contributed by atoms with E-state index in [0.717, 1.165) is 4.90 Å². The lowest BCUT2D eigenvalue weighted by atomic mass is 10.1. The smallest absolute Gasteiger partial charge is 0.324 e. The maximum Gasteiger partial charge on any atom is 0.339 e. The summed E-state index contributed by atoms with van der Waals surface area (Å²) in [6, 6.07) is 4.38. The summed E-state index contributed by atoms with van der Waals surface area (Å²) < 4.78 is 22.3. The van der Waals surface area contributed by atoms with Gasteiger partial charge in [-0.3, -0.25) is 24.1 Å². The third kappa shape index (κ3) is 8.66. The molecule has 142 valence electrons. The Morgan fingerprint density at radius 3 is 1.96 bits per heavy atom. The minimum Gasteiger partial charge on any atom is -0.324 e. The lowest BCUT2D eigenvalue weighted by Gasteiger charge is -2.23. The maximum atomic E-state index is 11.3. The van der Waals surface area contributed by atoms with Crippen LogP contribution < -0.4 is 0 Å². The number of hydrogen-bond donors (Lipinski definition) is 4. The van der Waals surface area contributed by atoms with Gasteiger partial charge in [0.1, 0.15) is 12.6 Å². The topological polar surface area (TPSA) is 165 Å². The van der Waals surface area contributed by atoms with Gasteiger partial charge in [0, 0.05) is 24.7 Å². The number of nitrogens with zero attached hydrogens (tertiary/aromatic N) is 3. The molecule has 0 spiro atoms. The Hall–Kier alpha value is -1.16. The van der Waals surface area contributed by atoms with Crippen molar-refractivity contribution in [2.24, 2.45) is 0 Å². The summed E-state index contributed by atoms with van der Waals surface area (Å²) in [5.74, 6) is 0. The first-order valence-electron chi connectivity index (χ1n) is 6.99. The Morgan fingerprint density at radius 1 is 1.04 bits per heavy atom. The summed E-state index contributed by atoms with van der Waals surface area (Å²) in [7, 11) is -5.63. The molecule has 0 aliphatic carbocycles. The van der Waals surface area contributed by atoms with Crippen molar-refractivity contribution in [2.75, 3.05) is 26.7 Å². The van der Waals surface area contributed by atoms with E-state index in [1.165, 1.54) is 12.1 Å². The van der Waals surface area contributed by atoms with E-state index in [1.54, 1.807) is 20.2 Å². The second-order valence-corrected chi connectivity index (χ2v) is 9.12. The molecule has 0 aliphatic rings. The molecule has 0 bridgehead atoms. The van der Waals surface area contributed by atoms with Crippen LogP contribution in [0, 0.1) is 10.1 Å². The second kappa shape index (κ2) is 8.48. The molecular weight excluding hydrogens is 376 g/mol. The highest BCUT2D eigenvalue weighted by atomic mass is 31.2. The maximum absolute atomic E-state index is 11.3. The Morgan fingerprint density at radius 2 is 1.56 bits per heavy atom. The molecule has 0 aliphatic heterocycles. The van der Waals surface area contributed by atoms with Crippen LogP contribution in [0.4, 0.5) is 5.69 Å². The summed E-state index contributed by atoms with van der Waals surface area (Å²) >= 11 is 0. The van der Waals surface area contributed by atoms with Gasteiger partial charge in [-0.1, -0.05) is 12.1 Å². The lowest BCUT2D eigenvalue weighted by Crippen LogP contribution is -2.26. The molecule has 0 unspecified atom stereocenters. The van der Waals surface area contributed by atoms with Crippen molar-refractivity contribution in [2.45, 2.75) is 13.1 Å². The van der Waals surface area contributed by atoms with Crippen molar-refractivity contribution >= 4 is 20.9 Å². The molecule has 0 aromatic heterocycles. The predicted molar refractivity (Wildman–Crippen MR) is 89.9 cm³/mol. The van der Waals surface area contributed by atoms with Crippen LogP contribution in [-0.4, -0.2) is 61.0 Å². The van der Waals surface area contributed by atoms with E-state index in [1.807, 2.05) is 4.90 Å². The van der Waals surface area contributed by atoms with E-state index >= 15 is 0 Å². The zero-order valence-corrected chi connectivity index (χ0v) is 15.5. The van der Waals surface area contributed by atoms with E-state index in [0.29, 0.717) is 12.1 Å². The molecule has 1 rings (SSSR count). The highest BCUT2D eigenvalue weighted by Gasteiger charge is 2.28. The normalized spacial score (nSPS) is 12.8. The number of hydrogen-bond acceptors (Lipinski definition) is 6. The molecule has 0 radical (unpaired) electrons. The molecule has 1 aromatic rings. The standard InChI is InChI=1S/C12H21N3O8P2/c1-13(2)6-10-3-4-11(12(5-10)15(16)17)7-14(8-24(18,19)20)9-25(21,22)23/h3-5H,6-9H2,1-2H3,(H2,18,19,20)(H2,21,22,23). The SMILES string of the molecule is CN(C)Cc1ccc(CN(CP(=O)(O)O)CP(=O)(O)O)c([N+](=O)[O-])c1. The van der Waals surface area contributed by atoms with Crippen LogP contribution >= 0.6 is 15.2 Å². The van der Waals surface area contributed by atoms with Crippen molar-refractivity contribution in [3.8, 4) is 0 Å². The average Bonchev–Trinajstić information content (AvgIpc) is 2.35. The monoisotopic (exact) mass is 397 g/mol. The van der Waals surface area contributed by atoms with Gasteiger partial charge in [0.2, 0.25) is 0 Å². The second-order valence-electron chi connectivity index (χ2n) is 5.90. The lowest BCUT2D eigenvalue weighted by molar-refractivity contribution is -0.385. The third-order valence-electron chi connectivity index (χ3n) is 3.01. The van der Waals surface area contributed by atoms with Crippen LogP contribution in [0.15, 0.2) is 18.2 Å². The Kier molecular flexibility index (Phi) is 7.42. The Balaban J connectivity index is 3.15. The molecule has 0 saturated heterocycles. The van der Waals surface area contributed by atoms with Crippen LogP contribution in [0.25, 0.3) is 0 Å². The van der Waals surface area contributed by atoms with Crippen molar-refractivity contribution in [3.05, 3.63) is 39.4 Å². The Bertz CT molecular complexity index is 690. The highest BCUT2D eigenvalue weighted by Crippen LogP contribution is 2.41. The van der Waals surface area contributed by atoms with Crippen LogP contribution in [-0.2, 0) is 22.2 Å². The number of nitro benzene ring substituents is 1. The molecule has 1 aromatic carbocycles. The first-order valence-corrected chi connectivity index (χ1v) is 10.6. The minimum atomic E-state index is -4.61. The quantitative estimate of drug-likeness (QED) is 0.265. The van der Waals surface area contributed by atoms with Gasteiger partial charge in [0.15, 0.2) is 0 Å². The molecule has 11 nitrogen and oxygen atoms in total. The first kappa shape index (κ1) is 21.9. The fraction of sp³-hybridized carbons (Fsp3) is 0.500. The fourth-order valence-corrected chi connectivity index (χ4v) is 3.88. The molecule has 0 heterocycles. The van der Waals surface area contributed by atoms with Gasteiger partial charge in [0.05, 0.1) is 4.92 Å². The average molecular weight is 397 g/mol. The molecule has 25 heavy (non-hydrogen) atoms. The summed E-state index contributed by atoms with van der Waals surface area (Å²) in [5, 5.41) is 11.3. The van der Waals surface area contributed by atoms with Gasteiger partial charge >= 0.3 is 15.2 Å². The zero-order valence-electron chi connectivity index (χ0n) is 13.7. The zero-order chi connectivity index (χ0) is 19.4. The van der Waals surface area contributed by atoms with E-state index in [4.69, 9.17) is 19.6 Å². The van der Waals surface area contributed by atoms with Crippen molar-refractivity contribution in [1.29, 1.82) is 0 Å². The molecule has 0 fully saturated rings. The number of benzene rings is 1. The van der Waals surface area contributed by atoms with Gasteiger partial charge in [0.25, 0.3) is 5.69 Å². The molecule has 0 amide bonds. The largest absolute Gasteiger partial charge is 0.339 e. The summed E-state index contributed by atoms with van der Waals surface area (Å²) in [4.78, 5) is 49.5. The molecule has 0 saturated carbocycles. The van der Waals surface area contributed by atoms with E-state index < -0.39 is 32.7 Å². The molecular formula is C12H21N3O8P2. The minimum absolute atomic E-state index is 0.106. The highest BCUT2D eigenvalue weighted by molar-refractivity contribution is 7.52. The van der Waals surface area contributed by atoms with E-state index in [-0.39, 0.29) is 17.8 Å². The number of nitro groups is 1. The van der Waals surface area contributed by atoms with Crippen molar-refractivity contribution < 1.29 is 33.6 Å². The fourth-order valence-electron chi connectivity index (χ4n) is 2.28. The van der Waals surface area contributed by atoms with Crippen LogP contribution in [0.5, 0.6) is 0 Å². The summed E-state index contributed by atoms with van der Waals surface area (Å²) in [6.45, 7) is 0.0740. The van der Waals surface area contributed by atoms with Gasteiger partial charge in [-0.15, -0.1) is 0 Å². The Labute approximate surface area is 144 Å². The van der Waals surface area contributed by atoms with Gasteiger partial charge in [-0.25, -0.2) is 0 Å². The predicted octanol–water partition coefficient (Wildman–Crippen LogP) is 0.729. The first-order chi connectivity index (χ1) is 11.3. The van der Waals surface area contributed by atoms with Crippen LogP contribution in [0.2, 0.25) is 0 Å². The van der Waals surface area contributed by atoms with Gasteiger partial charge in [-0.05, 0) is 19.7 Å². The van der Waals surface area contributed by atoms with Gasteiger partial charge in [-0.2, -0.15) is 0 Å². The summed E-state index contributed by atoms with van der Waals surface area (Å²) in [6.07, 6.45) is -1.84. The third-order valence-corrected chi connectivity index (χ3v) is 4.54. The van der Waals surface area contributed by atoms with Crippen LogP contribution in [0.3, 0.4) is 0 Å². The number of rotatable bonds is 9. The van der Waals surface area contributed by atoms with E-state index in [9.17, 15) is 19.2 Å². The van der Waals surface area contributed by atoms with Gasteiger partial charge < -0.3 is 24.5 Å². The molecule has 4 N–H and O–H groups in total. The van der Waals surface area contributed by atoms with Crippen molar-refractivity contribution in [1.82, 2.24) is 9.80 Å². The molecule has 13 heteroatoms. The summed E-state index contributed by atoms with van der Waals surface area (Å²) in [5.41, 5.74) is 0.493. The van der Waals surface area contributed by atoms with Crippen molar-refractivity contribution in [3.63, 3.8) is 0 Å². The van der Waals surface area contributed by atoms with E-state index in [2.05, 4.69) is 0 Å². The molecule has 0 atom stereocenters.